The lowest BCUT2D eigenvalue weighted by molar-refractivity contribution is -0.119. The second kappa shape index (κ2) is 8.65. The number of hydrogen-bond acceptors (Lipinski definition) is 6. The van der Waals surface area contributed by atoms with Crippen molar-refractivity contribution < 1.29 is 37.7 Å². The molecule has 0 atom stereocenters. The number of carbonyl (C=O) groups excluding carboxylic acids is 2. The lowest BCUT2D eigenvalue weighted by Crippen LogP contribution is -2.21. The maximum Gasteiger partial charge on any atom is 0.387 e. The molecule has 26 heavy (non-hydrogen) atoms. The van der Waals surface area contributed by atoms with Crippen molar-refractivity contribution >= 4 is 17.6 Å². The molecule has 0 unspecified atom stereocenters. The van der Waals surface area contributed by atoms with E-state index >= 15 is 0 Å². The minimum absolute atomic E-state index is 0.00178. The topological polar surface area (TPSA) is 94.1 Å². The molecule has 2 rings (SSSR count). The number of aromatic hydroxyl groups is 1. The van der Waals surface area contributed by atoms with Gasteiger partial charge in [-0.3, -0.25) is 4.79 Å². The summed E-state index contributed by atoms with van der Waals surface area (Å²) in [5.74, 6) is -1.98. The van der Waals surface area contributed by atoms with Crippen LogP contribution in [0.3, 0.4) is 0 Å². The molecular formula is C17H15F2NO6. The number of carbonyl (C=O) groups is 2. The van der Waals surface area contributed by atoms with E-state index in [2.05, 4.69) is 10.1 Å². The smallest absolute Gasteiger partial charge is 0.387 e. The molecule has 0 aliphatic carbocycles. The molecule has 2 aromatic rings. The van der Waals surface area contributed by atoms with Crippen molar-refractivity contribution in [2.24, 2.45) is 0 Å². The Morgan fingerprint density at radius 2 is 1.92 bits per heavy atom. The molecule has 1 amide bonds. The van der Waals surface area contributed by atoms with Crippen LogP contribution < -0.4 is 14.8 Å². The zero-order valence-corrected chi connectivity index (χ0v) is 13.6. The number of methoxy groups -OCH3 is 1. The molecular weight excluding hydrogens is 352 g/mol. The van der Waals surface area contributed by atoms with E-state index < -0.39 is 25.1 Å². The van der Waals surface area contributed by atoms with Crippen molar-refractivity contribution in [3.8, 4) is 17.2 Å². The Balaban J connectivity index is 1.98. The van der Waals surface area contributed by atoms with Crippen LogP contribution in [0.4, 0.5) is 14.5 Å². The molecule has 2 aromatic carbocycles. The van der Waals surface area contributed by atoms with E-state index in [4.69, 9.17) is 9.47 Å². The third-order valence-electron chi connectivity index (χ3n) is 3.14. The van der Waals surface area contributed by atoms with Crippen molar-refractivity contribution in [3.05, 3.63) is 48.0 Å². The Bertz CT molecular complexity index is 797. The quantitative estimate of drug-likeness (QED) is 0.731. The fourth-order valence-electron chi connectivity index (χ4n) is 1.97. The fraction of sp³-hybridized carbons (Fsp3) is 0.176. The molecule has 0 saturated carbocycles. The lowest BCUT2D eigenvalue weighted by Gasteiger charge is -2.12. The Morgan fingerprint density at radius 1 is 1.19 bits per heavy atom. The number of ether oxygens (including phenoxy) is 3. The van der Waals surface area contributed by atoms with Crippen LogP contribution in [0.15, 0.2) is 42.5 Å². The summed E-state index contributed by atoms with van der Waals surface area (Å²) in [5, 5.41) is 12.0. The minimum Gasteiger partial charge on any atom is -0.507 e. The molecule has 0 aromatic heterocycles. The van der Waals surface area contributed by atoms with Gasteiger partial charge in [0.1, 0.15) is 22.8 Å². The van der Waals surface area contributed by atoms with Crippen LogP contribution in [0, 0.1) is 0 Å². The number of para-hydroxylation sites is 2. The summed E-state index contributed by atoms with van der Waals surface area (Å²) < 4.78 is 38.7. The number of nitrogens with one attached hydrogen (secondary N) is 1. The van der Waals surface area contributed by atoms with Crippen LogP contribution in [-0.2, 0) is 9.53 Å². The van der Waals surface area contributed by atoms with E-state index in [0.717, 1.165) is 0 Å². The fourth-order valence-corrected chi connectivity index (χ4v) is 1.97. The average molecular weight is 367 g/mol. The highest BCUT2D eigenvalue weighted by Crippen LogP contribution is 2.26. The van der Waals surface area contributed by atoms with E-state index in [1.54, 1.807) is 0 Å². The van der Waals surface area contributed by atoms with Crippen LogP contribution >= 0.6 is 0 Å². The zero-order chi connectivity index (χ0) is 19.1. The SMILES string of the molecule is COc1ccc(O)c(C(=O)OCC(=O)Nc2ccccc2OC(F)F)c1. The maximum absolute atomic E-state index is 12.3. The van der Waals surface area contributed by atoms with E-state index in [1.807, 2.05) is 0 Å². The first kappa shape index (κ1) is 19.0. The number of amides is 1. The maximum atomic E-state index is 12.3. The standard InChI is InChI=1S/C17H15F2NO6/c1-24-10-6-7-13(21)11(8-10)16(23)25-9-15(22)20-12-4-2-3-5-14(12)26-17(18)19/h2-8,17,21H,9H2,1H3,(H,20,22). The van der Waals surface area contributed by atoms with Gasteiger partial charge in [0.25, 0.3) is 5.91 Å². The summed E-state index contributed by atoms with van der Waals surface area (Å²) >= 11 is 0. The summed E-state index contributed by atoms with van der Waals surface area (Å²) in [5.41, 5.74) is -0.184. The number of benzene rings is 2. The largest absolute Gasteiger partial charge is 0.507 e. The Labute approximate surface area is 147 Å². The van der Waals surface area contributed by atoms with Gasteiger partial charge >= 0.3 is 12.6 Å². The minimum atomic E-state index is -3.05. The van der Waals surface area contributed by atoms with Crippen molar-refractivity contribution in [2.45, 2.75) is 6.61 Å². The second-order valence-corrected chi connectivity index (χ2v) is 4.88. The van der Waals surface area contributed by atoms with Crippen LogP contribution in [-0.4, -0.2) is 37.3 Å². The van der Waals surface area contributed by atoms with Gasteiger partial charge in [-0.25, -0.2) is 4.79 Å². The van der Waals surface area contributed by atoms with Gasteiger partial charge in [0.2, 0.25) is 0 Å². The van der Waals surface area contributed by atoms with Crippen molar-refractivity contribution in [2.75, 3.05) is 19.0 Å². The van der Waals surface area contributed by atoms with Gasteiger partial charge in [0.05, 0.1) is 12.8 Å². The van der Waals surface area contributed by atoms with Crippen LogP contribution in [0.25, 0.3) is 0 Å². The number of rotatable bonds is 7. The highest BCUT2D eigenvalue weighted by Gasteiger charge is 2.17. The number of anilines is 1. The molecule has 2 N–H and O–H groups in total. The molecule has 0 bridgehead atoms. The highest BCUT2D eigenvalue weighted by atomic mass is 19.3. The summed E-state index contributed by atoms with van der Waals surface area (Å²) in [4.78, 5) is 23.8. The third kappa shape index (κ3) is 5.07. The first-order valence-electron chi connectivity index (χ1n) is 7.28. The number of halogens is 2. The third-order valence-corrected chi connectivity index (χ3v) is 3.14. The molecule has 138 valence electrons. The summed E-state index contributed by atoms with van der Waals surface area (Å²) in [6, 6.07) is 9.51. The van der Waals surface area contributed by atoms with E-state index in [9.17, 15) is 23.5 Å². The summed E-state index contributed by atoms with van der Waals surface area (Å²) in [6.07, 6.45) is 0. The van der Waals surface area contributed by atoms with Crippen LogP contribution in [0.5, 0.6) is 17.2 Å². The van der Waals surface area contributed by atoms with Gasteiger partial charge in [0, 0.05) is 0 Å². The van der Waals surface area contributed by atoms with Gasteiger partial charge in [-0.15, -0.1) is 0 Å². The van der Waals surface area contributed by atoms with Gasteiger partial charge in [-0.1, -0.05) is 12.1 Å². The van der Waals surface area contributed by atoms with Crippen LogP contribution in [0.1, 0.15) is 10.4 Å². The predicted molar refractivity (Wildman–Crippen MR) is 86.6 cm³/mol. The van der Waals surface area contributed by atoms with E-state index in [1.165, 1.54) is 49.6 Å². The molecule has 0 aliphatic heterocycles. The number of phenols is 1. The lowest BCUT2D eigenvalue weighted by atomic mass is 10.2. The molecule has 0 heterocycles. The van der Waals surface area contributed by atoms with Gasteiger partial charge in [0.15, 0.2) is 6.61 Å². The molecule has 0 spiro atoms. The monoisotopic (exact) mass is 367 g/mol. The van der Waals surface area contributed by atoms with Crippen molar-refractivity contribution in [1.29, 1.82) is 0 Å². The normalized spacial score (nSPS) is 10.3. The van der Waals surface area contributed by atoms with Crippen LogP contribution in [0.2, 0.25) is 0 Å². The zero-order valence-electron chi connectivity index (χ0n) is 13.6. The molecule has 9 heteroatoms. The number of alkyl halides is 2. The Morgan fingerprint density at radius 3 is 2.62 bits per heavy atom. The molecule has 0 aliphatic rings. The first-order chi connectivity index (χ1) is 12.4. The van der Waals surface area contributed by atoms with Gasteiger partial charge < -0.3 is 24.6 Å². The number of hydrogen-bond donors (Lipinski definition) is 2. The molecule has 0 radical (unpaired) electrons. The van der Waals surface area contributed by atoms with Gasteiger partial charge in [-0.2, -0.15) is 8.78 Å². The molecule has 7 nitrogen and oxygen atoms in total. The van der Waals surface area contributed by atoms with Crippen molar-refractivity contribution in [3.63, 3.8) is 0 Å². The molecule has 0 fully saturated rings. The predicted octanol–water partition coefficient (Wildman–Crippen LogP) is 2.80. The Hall–Kier alpha value is -3.36. The molecule has 0 saturated heterocycles. The average Bonchev–Trinajstić information content (AvgIpc) is 2.61. The second-order valence-electron chi connectivity index (χ2n) is 4.88. The number of phenolic OH excluding ortho intramolecular Hbond substituents is 1. The Kier molecular flexibility index (Phi) is 6.31. The van der Waals surface area contributed by atoms with E-state index in [0.29, 0.717) is 5.75 Å². The number of esters is 1. The van der Waals surface area contributed by atoms with Gasteiger partial charge in [-0.05, 0) is 30.3 Å². The summed E-state index contributed by atoms with van der Waals surface area (Å²) in [7, 11) is 1.38. The highest BCUT2D eigenvalue weighted by molar-refractivity contribution is 5.97. The first-order valence-corrected chi connectivity index (χ1v) is 7.28. The van der Waals surface area contributed by atoms with Crippen molar-refractivity contribution in [1.82, 2.24) is 0 Å². The van der Waals surface area contributed by atoms with E-state index in [-0.39, 0.29) is 22.7 Å². The summed E-state index contributed by atoms with van der Waals surface area (Å²) in [6.45, 7) is -3.75.